The Balaban J connectivity index is 1.88. The second-order valence-corrected chi connectivity index (χ2v) is 9.59. The largest absolute Gasteiger partial charge is 0.427 e. The topological polar surface area (TPSA) is 38.7 Å². The van der Waals surface area contributed by atoms with Crippen molar-refractivity contribution in [2.24, 2.45) is 4.99 Å². The van der Waals surface area contributed by atoms with Crippen molar-refractivity contribution in [3.05, 3.63) is 29.8 Å². The molecule has 0 saturated carbocycles. The smallest absolute Gasteiger partial charge is 0.311 e. The van der Waals surface area contributed by atoms with E-state index in [1.807, 2.05) is 24.3 Å². The lowest BCUT2D eigenvalue weighted by molar-refractivity contribution is -0.134. The fourth-order valence-corrected chi connectivity index (χ4v) is 4.06. The zero-order valence-electron chi connectivity index (χ0n) is 23.1. The molecule has 0 unspecified atom stereocenters. The molecule has 198 valence electrons. The molecule has 0 spiro atoms. The van der Waals surface area contributed by atoms with E-state index in [1.165, 1.54) is 77.0 Å². The lowest BCUT2D eigenvalue weighted by Crippen LogP contribution is -2.07. The molecule has 0 fully saturated rings. The van der Waals surface area contributed by atoms with Gasteiger partial charge in [-0.15, -0.1) is 0 Å². The average molecular weight is 492 g/mol. The Morgan fingerprint density at radius 2 is 1.19 bits per heavy atom. The van der Waals surface area contributed by atoms with Crippen molar-refractivity contribution in [1.82, 2.24) is 0 Å². The number of ether oxygens (including phenoxy) is 1. The number of carbonyl (C=O) groups is 1. The Bertz CT molecular complexity index is 817. The molecule has 3 nitrogen and oxygen atoms in total. The molecule has 0 aliphatic carbocycles. The van der Waals surface area contributed by atoms with E-state index in [1.54, 1.807) is 13.3 Å². The summed E-state index contributed by atoms with van der Waals surface area (Å²) in [4.78, 5) is 15.9. The third-order valence-electron chi connectivity index (χ3n) is 6.22. The summed E-state index contributed by atoms with van der Waals surface area (Å²) in [6.07, 6.45) is 24.4. The minimum atomic E-state index is -0.156. The maximum absolute atomic E-state index is 12.0. The molecule has 1 aromatic carbocycles. The molecule has 0 saturated heterocycles. The van der Waals surface area contributed by atoms with E-state index in [0.29, 0.717) is 12.2 Å². The second kappa shape index (κ2) is 24.2. The first-order valence-corrected chi connectivity index (χ1v) is 14.4. The van der Waals surface area contributed by atoms with Gasteiger partial charge in [0.15, 0.2) is 0 Å². The molecule has 36 heavy (non-hydrogen) atoms. The van der Waals surface area contributed by atoms with Crippen molar-refractivity contribution in [3.63, 3.8) is 0 Å². The van der Waals surface area contributed by atoms with Crippen molar-refractivity contribution in [3.8, 4) is 29.4 Å². The highest BCUT2D eigenvalue weighted by atomic mass is 16.5. The predicted molar refractivity (Wildman–Crippen MR) is 155 cm³/mol. The highest BCUT2D eigenvalue weighted by Crippen LogP contribution is 2.14. The third kappa shape index (κ3) is 19.8. The molecule has 0 heterocycles. The Morgan fingerprint density at radius 1 is 0.722 bits per heavy atom. The molecule has 0 aromatic heterocycles. The summed E-state index contributed by atoms with van der Waals surface area (Å²) in [5.41, 5.74) is 0.996. The Kier molecular flexibility index (Phi) is 21.2. The molecule has 0 N–H and O–H groups in total. The zero-order valence-corrected chi connectivity index (χ0v) is 23.1. The number of hydrogen-bond acceptors (Lipinski definition) is 3. The van der Waals surface area contributed by atoms with Crippen LogP contribution in [0.3, 0.4) is 0 Å². The van der Waals surface area contributed by atoms with Crippen LogP contribution in [0.2, 0.25) is 0 Å². The van der Waals surface area contributed by atoms with Crippen LogP contribution in [0.1, 0.15) is 134 Å². The third-order valence-corrected chi connectivity index (χ3v) is 6.22. The van der Waals surface area contributed by atoms with Crippen molar-refractivity contribution in [1.29, 1.82) is 0 Å². The van der Waals surface area contributed by atoms with Gasteiger partial charge >= 0.3 is 5.97 Å². The lowest BCUT2D eigenvalue weighted by Gasteiger charge is -2.05. The van der Waals surface area contributed by atoms with Crippen LogP contribution in [0.15, 0.2) is 29.3 Å². The van der Waals surface area contributed by atoms with Crippen LogP contribution in [0.5, 0.6) is 5.75 Å². The van der Waals surface area contributed by atoms with Crippen molar-refractivity contribution < 1.29 is 9.53 Å². The number of nitrogens with zero attached hydrogens (tertiary/aromatic N) is 1. The summed E-state index contributed by atoms with van der Waals surface area (Å²) in [6, 6.07) is 7.40. The summed E-state index contributed by atoms with van der Waals surface area (Å²) >= 11 is 0. The number of hydrogen-bond donors (Lipinski definition) is 0. The first-order valence-electron chi connectivity index (χ1n) is 14.4. The Morgan fingerprint density at radius 3 is 1.69 bits per heavy atom. The number of carbonyl (C=O) groups excluding carboxylic acids is 1. The van der Waals surface area contributed by atoms with Crippen LogP contribution < -0.4 is 4.74 Å². The number of unbranched alkanes of at least 4 members (excludes halogenated alkanes) is 16. The molecule has 1 aromatic rings. The number of rotatable bonds is 20. The molecule has 0 radical (unpaired) electrons. The minimum Gasteiger partial charge on any atom is -0.427 e. The van der Waals surface area contributed by atoms with Gasteiger partial charge in [0.25, 0.3) is 0 Å². The number of aliphatic imine (C=N–C) groups is 1. The first-order chi connectivity index (χ1) is 17.8. The summed E-state index contributed by atoms with van der Waals surface area (Å²) in [5, 5.41) is 0. The first kappa shape index (κ1) is 31.5. The van der Waals surface area contributed by atoms with Crippen LogP contribution in [0, 0.1) is 23.7 Å². The van der Waals surface area contributed by atoms with Gasteiger partial charge in [0, 0.05) is 32.5 Å². The molecule has 0 aliphatic rings. The highest BCUT2D eigenvalue weighted by molar-refractivity contribution is 5.80. The van der Waals surface area contributed by atoms with E-state index >= 15 is 0 Å². The van der Waals surface area contributed by atoms with E-state index < -0.39 is 0 Å². The van der Waals surface area contributed by atoms with Crippen LogP contribution in [0.25, 0.3) is 0 Å². The van der Waals surface area contributed by atoms with E-state index in [0.717, 1.165) is 44.1 Å². The summed E-state index contributed by atoms with van der Waals surface area (Å²) in [5.74, 6) is 12.8. The van der Waals surface area contributed by atoms with E-state index in [2.05, 4.69) is 35.6 Å². The second-order valence-electron chi connectivity index (χ2n) is 9.59. The Hall–Kier alpha value is -2.52. The standard InChI is InChI=1S/C33H49NO2/c1-3-4-5-6-7-8-9-10-11-12-13-14-15-16-17-18-19-20-21-22-23-24-25-33(35)36-32-28-26-31(27-29-32)30-34-2/h26-30H,3-13,18-25H2,1-2H3/b34-30+. The Labute approximate surface area is 221 Å². The molecule has 0 atom stereocenters. The van der Waals surface area contributed by atoms with Gasteiger partial charge in [0.1, 0.15) is 5.75 Å². The predicted octanol–water partition coefficient (Wildman–Crippen LogP) is 9.08. The van der Waals surface area contributed by atoms with Crippen LogP contribution in [-0.2, 0) is 4.79 Å². The molecule has 0 aliphatic heterocycles. The molecule has 1 rings (SSSR count). The molecule has 0 bridgehead atoms. The lowest BCUT2D eigenvalue weighted by atomic mass is 10.1. The monoisotopic (exact) mass is 491 g/mol. The number of esters is 1. The zero-order chi connectivity index (χ0) is 25.9. The van der Waals surface area contributed by atoms with Gasteiger partial charge in [-0.3, -0.25) is 9.79 Å². The maximum Gasteiger partial charge on any atom is 0.311 e. The minimum absolute atomic E-state index is 0.156. The van der Waals surface area contributed by atoms with Gasteiger partial charge in [0.2, 0.25) is 0 Å². The van der Waals surface area contributed by atoms with Crippen LogP contribution in [-0.4, -0.2) is 19.2 Å². The normalized spacial score (nSPS) is 10.5. The van der Waals surface area contributed by atoms with Crippen molar-refractivity contribution >= 4 is 12.2 Å². The molecule has 0 amide bonds. The van der Waals surface area contributed by atoms with Gasteiger partial charge < -0.3 is 4.74 Å². The SMILES string of the molecule is CCCCCCCCCCCCC#CC#CCCCCCCCCC(=O)Oc1ccc(/C=N/C)cc1. The van der Waals surface area contributed by atoms with Crippen LogP contribution in [0.4, 0.5) is 0 Å². The molecular formula is C33H49NO2. The van der Waals surface area contributed by atoms with E-state index in [-0.39, 0.29) is 5.97 Å². The quantitative estimate of drug-likeness (QED) is 0.0600. The maximum atomic E-state index is 12.0. The fourth-order valence-electron chi connectivity index (χ4n) is 4.06. The van der Waals surface area contributed by atoms with Crippen LogP contribution >= 0.6 is 0 Å². The van der Waals surface area contributed by atoms with Gasteiger partial charge in [0.05, 0.1) is 0 Å². The molecular weight excluding hydrogens is 442 g/mol. The summed E-state index contributed by atoms with van der Waals surface area (Å²) < 4.78 is 5.38. The van der Waals surface area contributed by atoms with Gasteiger partial charge in [-0.1, -0.05) is 102 Å². The summed E-state index contributed by atoms with van der Waals surface area (Å²) in [6.45, 7) is 2.27. The van der Waals surface area contributed by atoms with Gasteiger partial charge in [-0.05, 0) is 60.9 Å². The number of benzene rings is 1. The summed E-state index contributed by atoms with van der Waals surface area (Å²) in [7, 11) is 1.73. The van der Waals surface area contributed by atoms with Crippen molar-refractivity contribution in [2.75, 3.05) is 7.05 Å². The van der Waals surface area contributed by atoms with Gasteiger partial charge in [-0.2, -0.15) is 0 Å². The molecule has 3 heteroatoms. The van der Waals surface area contributed by atoms with E-state index in [4.69, 9.17) is 4.74 Å². The van der Waals surface area contributed by atoms with Crippen molar-refractivity contribution in [2.45, 2.75) is 129 Å². The average Bonchev–Trinajstić information content (AvgIpc) is 2.88. The van der Waals surface area contributed by atoms with Gasteiger partial charge in [-0.25, -0.2) is 0 Å². The van der Waals surface area contributed by atoms with E-state index in [9.17, 15) is 4.79 Å². The fraction of sp³-hybridized carbons (Fsp3) is 0.636. The highest BCUT2D eigenvalue weighted by Gasteiger charge is 2.04.